The van der Waals surface area contributed by atoms with Crippen LogP contribution >= 0.6 is 0 Å². The molecule has 8 nitrogen and oxygen atoms in total. The molecule has 0 radical (unpaired) electrons. The summed E-state index contributed by atoms with van der Waals surface area (Å²) in [6.45, 7) is 5.32. The van der Waals surface area contributed by atoms with Crippen LogP contribution in [0.15, 0.2) is 47.4 Å². The van der Waals surface area contributed by atoms with E-state index in [-0.39, 0.29) is 21.9 Å². The lowest BCUT2D eigenvalue weighted by Crippen LogP contribution is -2.30. The number of esters is 1. The lowest BCUT2D eigenvalue weighted by atomic mass is 10.1. The Morgan fingerprint density at radius 1 is 1.10 bits per heavy atom. The minimum atomic E-state index is -3.66. The lowest BCUT2D eigenvalue weighted by Gasteiger charge is -2.18. The van der Waals surface area contributed by atoms with Crippen molar-refractivity contribution in [3.63, 3.8) is 0 Å². The van der Waals surface area contributed by atoms with Gasteiger partial charge in [-0.15, -0.1) is 0 Å². The summed E-state index contributed by atoms with van der Waals surface area (Å²) in [5, 5.41) is 12.3. The lowest BCUT2D eigenvalue weighted by molar-refractivity contribution is -0.119. The number of rotatable bonds is 8. The molecule has 0 aliphatic carbocycles. The van der Waals surface area contributed by atoms with E-state index in [0.29, 0.717) is 13.1 Å². The highest BCUT2D eigenvalue weighted by atomic mass is 32.2. The zero-order valence-corrected chi connectivity index (χ0v) is 17.3. The average molecular weight is 420 g/mol. The number of benzene rings is 2. The number of ether oxygens (including phenoxy) is 1. The minimum absolute atomic E-state index is 0.0456. The Labute approximate surface area is 170 Å². The fourth-order valence-electron chi connectivity index (χ4n) is 2.67. The van der Waals surface area contributed by atoms with E-state index in [2.05, 4.69) is 5.32 Å². The second-order valence-electron chi connectivity index (χ2n) is 6.26. The summed E-state index contributed by atoms with van der Waals surface area (Å²) in [5.74, 6) is -1.71. The third-order valence-corrected chi connectivity index (χ3v) is 6.21. The number of aryl methyl sites for hydroxylation is 1. The van der Waals surface area contributed by atoms with Crippen molar-refractivity contribution in [1.29, 1.82) is 0 Å². The summed E-state index contributed by atoms with van der Waals surface area (Å²) >= 11 is 0. The largest absolute Gasteiger partial charge is 0.507 e. The quantitative estimate of drug-likeness (QED) is 0.635. The van der Waals surface area contributed by atoms with Crippen LogP contribution in [0.2, 0.25) is 0 Å². The van der Waals surface area contributed by atoms with Crippen molar-refractivity contribution in [2.45, 2.75) is 25.7 Å². The number of hydrogen-bond acceptors (Lipinski definition) is 6. The van der Waals surface area contributed by atoms with Crippen LogP contribution in [0.1, 0.15) is 29.8 Å². The summed E-state index contributed by atoms with van der Waals surface area (Å²) in [5.41, 5.74) is 0.990. The number of carbonyl (C=O) groups excluding carboxylic acids is 2. The summed E-state index contributed by atoms with van der Waals surface area (Å²) in [4.78, 5) is 24.2. The molecule has 0 bridgehead atoms. The van der Waals surface area contributed by atoms with Gasteiger partial charge in [-0.25, -0.2) is 13.2 Å². The first-order chi connectivity index (χ1) is 13.7. The molecule has 0 saturated carbocycles. The topological polar surface area (TPSA) is 113 Å². The van der Waals surface area contributed by atoms with E-state index < -0.39 is 28.5 Å². The number of nitrogens with zero attached hydrogens (tertiary/aromatic N) is 1. The fourth-order valence-corrected chi connectivity index (χ4v) is 4.17. The maximum absolute atomic E-state index is 12.6. The number of sulfonamides is 1. The fraction of sp³-hybridized carbons (Fsp3) is 0.300. The second-order valence-corrected chi connectivity index (χ2v) is 8.20. The van der Waals surface area contributed by atoms with E-state index in [1.54, 1.807) is 26.8 Å². The summed E-state index contributed by atoms with van der Waals surface area (Å²) in [6, 6.07) is 10.3. The highest BCUT2D eigenvalue weighted by Gasteiger charge is 2.22. The van der Waals surface area contributed by atoms with Crippen molar-refractivity contribution in [1.82, 2.24) is 4.31 Å². The molecule has 2 N–H and O–H groups in total. The Morgan fingerprint density at radius 2 is 1.79 bits per heavy atom. The molecule has 29 heavy (non-hydrogen) atoms. The normalized spacial score (nSPS) is 11.3. The Bertz CT molecular complexity index is 1000. The number of anilines is 1. The van der Waals surface area contributed by atoms with Crippen molar-refractivity contribution in [2.24, 2.45) is 0 Å². The van der Waals surface area contributed by atoms with Gasteiger partial charge in [-0.3, -0.25) is 4.79 Å². The first kappa shape index (κ1) is 22.4. The number of phenolic OH excluding ortho intramolecular Hbond substituents is 1. The highest BCUT2D eigenvalue weighted by molar-refractivity contribution is 7.89. The van der Waals surface area contributed by atoms with Crippen molar-refractivity contribution in [3.8, 4) is 5.75 Å². The van der Waals surface area contributed by atoms with E-state index in [1.165, 1.54) is 40.7 Å². The Hall–Kier alpha value is -2.91. The minimum Gasteiger partial charge on any atom is -0.507 e. The average Bonchev–Trinajstić information content (AvgIpc) is 2.67. The van der Waals surface area contributed by atoms with Gasteiger partial charge in [0.25, 0.3) is 5.91 Å². The van der Waals surface area contributed by atoms with Gasteiger partial charge in [0.2, 0.25) is 10.0 Å². The van der Waals surface area contributed by atoms with Crippen LogP contribution in [0.4, 0.5) is 5.69 Å². The predicted molar refractivity (Wildman–Crippen MR) is 108 cm³/mol. The smallest absolute Gasteiger partial charge is 0.342 e. The molecule has 0 saturated heterocycles. The molecule has 0 aliphatic rings. The molecule has 0 heterocycles. The van der Waals surface area contributed by atoms with Crippen LogP contribution in [0, 0.1) is 6.92 Å². The molecule has 0 fully saturated rings. The van der Waals surface area contributed by atoms with Gasteiger partial charge < -0.3 is 15.2 Å². The molecule has 2 aromatic rings. The van der Waals surface area contributed by atoms with Crippen LogP contribution < -0.4 is 5.32 Å². The summed E-state index contributed by atoms with van der Waals surface area (Å²) in [7, 11) is -3.66. The number of amides is 1. The van der Waals surface area contributed by atoms with E-state index in [4.69, 9.17) is 4.74 Å². The Morgan fingerprint density at radius 3 is 2.41 bits per heavy atom. The van der Waals surface area contributed by atoms with Gasteiger partial charge in [0.15, 0.2) is 6.61 Å². The van der Waals surface area contributed by atoms with Gasteiger partial charge >= 0.3 is 5.97 Å². The Balaban J connectivity index is 2.03. The van der Waals surface area contributed by atoms with Crippen molar-refractivity contribution >= 4 is 27.6 Å². The molecule has 0 unspecified atom stereocenters. The van der Waals surface area contributed by atoms with Crippen molar-refractivity contribution in [3.05, 3.63) is 53.6 Å². The number of nitrogens with one attached hydrogen (secondary N) is 1. The van der Waals surface area contributed by atoms with Gasteiger partial charge in [-0.05, 0) is 42.8 Å². The van der Waals surface area contributed by atoms with Gasteiger partial charge in [0.1, 0.15) is 11.3 Å². The first-order valence-corrected chi connectivity index (χ1v) is 10.5. The maximum Gasteiger partial charge on any atom is 0.342 e. The number of hydrogen-bond donors (Lipinski definition) is 2. The van der Waals surface area contributed by atoms with Crippen LogP contribution in [0.3, 0.4) is 0 Å². The molecule has 2 rings (SSSR count). The molecule has 156 valence electrons. The third-order valence-electron chi connectivity index (χ3n) is 4.17. The second kappa shape index (κ2) is 9.53. The molecule has 0 aliphatic heterocycles. The van der Waals surface area contributed by atoms with Crippen LogP contribution in [-0.4, -0.2) is 49.4 Å². The van der Waals surface area contributed by atoms with E-state index >= 15 is 0 Å². The van der Waals surface area contributed by atoms with Crippen LogP contribution in [-0.2, 0) is 19.6 Å². The molecular weight excluding hydrogens is 396 g/mol. The molecule has 9 heteroatoms. The first-order valence-electron chi connectivity index (χ1n) is 9.05. The van der Waals surface area contributed by atoms with Gasteiger partial charge in [-0.2, -0.15) is 4.31 Å². The van der Waals surface area contributed by atoms with Crippen molar-refractivity contribution < 1.29 is 27.9 Å². The van der Waals surface area contributed by atoms with Gasteiger partial charge in [0, 0.05) is 18.8 Å². The van der Waals surface area contributed by atoms with E-state index in [0.717, 1.165) is 5.56 Å². The highest BCUT2D eigenvalue weighted by Crippen LogP contribution is 2.21. The summed E-state index contributed by atoms with van der Waals surface area (Å²) < 4.78 is 31.4. The van der Waals surface area contributed by atoms with Crippen LogP contribution in [0.5, 0.6) is 5.75 Å². The number of carbonyl (C=O) groups is 2. The van der Waals surface area contributed by atoms with Crippen LogP contribution in [0.25, 0.3) is 0 Å². The monoisotopic (exact) mass is 420 g/mol. The molecule has 1 amide bonds. The maximum atomic E-state index is 12.6. The molecular formula is C20H24N2O6S. The predicted octanol–water partition coefficient (Wildman–Crippen LogP) is 2.53. The standard InChI is InChI=1S/C20H24N2O6S/c1-4-22(5-2)29(26,27)16-8-6-7-15(12-16)21-19(24)13-28-20(25)17-10-9-14(3)11-18(17)23/h6-12,23H,4-5,13H2,1-3H3,(H,21,24). The molecule has 2 aromatic carbocycles. The zero-order chi connectivity index (χ0) is 21.6. The third kappa shape index (κ3) is 5.55. The molecule has 0 atom stereocenters. The van der Waals surface area contributed by atoms with Gasteiger partial charge in [-0.1, -0.05) is 26.0 Å². The Kier molecular flexibility index (Phi) is 7.35. The van der Waals surface area contributed by atoms with Crippen molar-refractivity contribution in [2.75, 3.05) is 25.0 Å². The number of aromatic hydroxyl groups is 1. The number of phenols is 1. The summed E-state index contributed by atoms with van der Waals surface area (Å²) in [6.07, 6.45) is 0. The van der Waals surface area contributed by atoms with E-state index in [9.17, 15) is 23.1 Å². The molecule has 0 aromatic heterocycles. The molecule has 0 spiro atoms. The van der Waals surface area contributed by atoms with E-state index in [1.807, 2.05) is 0 Å². The zero-order valence-electron chi connectivity index (χ0n) is 16.5. The SMILES string of the molecule is CCN(CC)S(=O)(=O)c1cccc(NC(=O)COC(=O)c2ccc(C)cc2O)c1. The van der Waals surface area contributed by atoms with Gasteiger partial charge in [0.05, 0.1) is 4.90 Å².